The van der Waals surface area contributed by atoms with Crippen LogP contribution in [0.2, 0.25) is 5.02 Å². The number of carbonyl (C=O) groups is 3. The van der Waals surface area contributed by atoms with Crippen molar-refractivity contribution in [3.8, 4) is 0 Å². The van der Waals surface area contributed by atoms with Crippen molar-refractivity contribution in [3.05, 3.63) is 59.1 Å². The van der Waals surface area contributed by atoms with Crippen molar-refractivity contribution in [2.24, 2.45) is 0 Å². The quantitative estimate of drug-likeness (QED) is 0.624. The van der Waals surface area contributed by atoms with E-state index in [4.69, 9.17) is 11.6 Å². The van der Waals surface area contributed by atoms with Crippen LogP contribution in [-0.4, -0.2) is 31.4 Å². The first kappa shape index (κ1) is 19.3. The molecule has 136 valence electrons. The van der Waals surface area contributed by atoms with E-state index in [1.807, 2.05) is 0 Å². The van der Waals surface area contributed by atoms with Crippen LogP contribution in [0.1, 0.15) is 5.56 Å². The highest BCUT2D eigenvalue weighted by Crippen LogP contribution is 2.13. The number of amides is 4. The highest BCUT2D eigenvalue weighted by molar-refractivity contribution is 6.30. The molecule has 0 saturated heterocycles. The molecule has 0 aliphatic rings. The molecule has 0 aromatic heterocycles. The first-order chi connectivity index (χ1) is 12.5. The van der Waals surface area contributed by atoms with Gasteiger partial charge in [0.2, 0.25) is 11.8 Å². The van der Waals surface area contributed by atoms with E-state index in [0.29, 0.717) is 16.4 Å². The summed E-state index contributed by atoms with van der Waals surface area (Å²) in [5.41, 5.74) is 1.98. The Labute approximate surface area is 156 Å². The Morgan fingerprint density at radius 3 is 2.04 bits per heavy atom. The van der Waals surface area contributed by atoms with Gasteiger partial charge in [0.15, 0.2) is 0 Å². The van der Waals surface area contributed by atoms with E-state index < -0.39 is 6.03 Å². The third-order valence-electron chi connectivity index (χ3n) is 3.39. The van der Waals surface area contributed by atoms with Gasteiger partial charge in [0.1, 0.15) is 0 Å². The van der Waals surface area contributed by atoms with Gasteiger partial charge in [-0.1, -0.05) is 23.7 Å². The van der Waals surface area contributed by atoms with Crippen LogP contribution in [0.5, 0.6) is 0 Å². The lowest BCUT2D eigenvalue weighted by atomic mass is 10.1. The molecule has 0 aliphatic heterocycles. The Bertz CT molecular complexity index is 776. The lowest BCUT2D eigenvalue weighted by Gasteiger charge is -2.09. The summed E-state index contributed by atoms with van der Waals surface area (Å²) in [5, 5.41) is 10.8. The highest BCUT2D eigenvalue weighted by Gasteiger charge is 2.07. The zero-order valence-corrected chi connectivity index (χ0v) is 14.9. The fourth-order valence-electron chi connectivity index (χ4n) is 2.05. The summed E-state index contributed by atoms with van der Waals surface area (Å²) in [6.07, 6.45) is 0.272. The maximum absolute atomic E-state index is 11.8. The predicted molar refractivity (Wildman–Crippen MR) is 101 cm³/mol. The Kier molecular flexibility index (Phi) is 6.99. The average Bonchev–Trinajstić information content (AvgIpc) is 2.63. The molecule has 8 heteroatoms. The molecule has 0 atom stereocenters. The SMILES string of the molecule is CNC(=O)Cc1ccc(NC(=O)NCC(=O)Nc2ccc(Cl)cc2)cc1. The molecule has 0 spiro atoms. The van der Waals surface area contributed by atoms with E-state index in [0.717, 1.165) is 5.56 Å². The van der Waals surface area contributed by atoms with Crippen molar-refractivity contribution in [1.82, 2.24) is 10.6 Å². The summed E-state index contributed by atoms with van der Waals surface area (Å²) in [7, 11) is 1.58. The fourth-order valence-corrected chi connectivity index (χ4v) is 2.18. The van der Waals surface area contributed by atoms with E-state index in [1.165, 1.54) is 0 Å². The molecule has 26 heavy (non-hydrogen) atoms. The molecule has 0 fully saturated rings. The number of carbonyl (C=O) groups excluding carboxylic acids is 3. The largest absolute Gasteiger partial charge is 0.359 e. The van der Waals surface area contributed by atoms with E-state index in [-0.39, 0.29) is 24.8 Å². The van der Waals surface area contributed by atoms with Crippen molar-refractivity contribution in [2.75, 3.05) is 24.2 Å². The molecular weight excluding hydrogens is 356 g/mol. The molecule has 0 radical (unpaired) electrons. The first-order valence-corrected chi connectivity index (χ1v) is 8.24. The van der Waals surface area contributed by atoms with Crippen LogP contribution in [-0.2, 0) is 16.0 Å². The molecule has 7 nitrogen and oxygen atoms in total. The minimum atomic E-state index is -0.504. The van der Waals surface area contributed by atoms with Gasteiger partial charge in [-0.25, -0.2) is 4.79 Å². The summed E-state index contributed by atoms with van der Waals surface area (Å²) in [5.74, 6) is -0.446. The molecule has 4 amide bonds. The lowest BCUT2D eigenvalue weighted by molar-refractivity contribution is -0.120. The second kappa shape index (κ2) is 9.43. The number of halogens is 1. The van der Waals surface area contributed by atoms with Gasteiger partial charge in [-0.05, 0) is 42.0 Å². The third kappa shape index (κ3) is 6.45. The average molecular weight is 375 g/mol. The van der Waals surface area contributed by atoms with Gasteiger partial charge >= 0.3 is 6.03 Å². The first-order valence-electron chi connectivity index (χ1n) is 7.86. The fraction of sp³-hybridized carbons (Fsp3) is 0.167. The zero-order chi connectivity index (χ0) is 18.9. The molecule has 4 N–H and O–H groups in total. The summed E-state index contributed by atoms with van der Waals surface area (Å²) >= 11 is 5.77. The number of hydrogen-bond donors (Lipinski definition) is 4. The maximum Gasteiger partial charge on any atom is 0.319 e. The molecule has 0 unspecified atom stereocenters. The Hall–Kier alpha value is -3.06. The molecule has 2 aromatic rings. The number of hydrogen-bond acceptors (Lipinski definition) is 3. The van der Waals surface area contributed by atoms with E-state index >= 15 is 0 Å². The number of likely N-dealkylation sites (N-methyl/N-ethyl adjacent to an activating group) is 1. The highest BCUT2D eigenvalue weighted by atomic mass is 35.5. The minimum Gasteiger partial charge on any atom is -0.359 e. The Morgan fingerprint density at radius 2 is 1.42 bits per heavy atom. The third-order valence-corrected chi connectivity index (χ3v) is 3.64. The Morgan fingerprint density at radius 1 is 0.846 bits per heavy atom. The van der Waals surface area contributed by atoms with Gasteiger partial charge in [-0.2, -0.15) is 0 Å². The van der Waals surface area contributed by atoms with Crippen molar-refractivity contribution >= 4 is 40.8 Å². The number of nitrogens with one attached hydrogen (secondary N) is 4. The normalized spacial score (nSPS) is 9.92. The van der Waals surface area contributed by atoms with Crippen molar-refractivity contribution < 1.29 is 14.4 Å². The topological polar surface area (TPSA) is 99.3 Å². The van der Waals surface area contributed by atoms with Gasteiger partial charge in [0, 0.05) is 23.4 Å². The van der Waals surface area contributed by atoms with Crippen LogP contribution in [0, 0.1) is 0 Å². The zero-order valence-electron chi connectivity index (χ0n) is 14.1. The molecule has 0 saturated carbocycles. The predicted octanol–water partition coefficient (Wildman–Crippen LogP) is 2.39. The summed E-state index contributed by atoms with van der Waals surface area (Å²) < 4.78 is 0. The smallest absolute Gasteiger partial charge is 0.319 e. The summed E-state index contributed by atoms with van der Waals surface area (Å²) in [6.45, 7) is -0.177. The Balaban J connectivity index is 1.76. The van der Waals surface area contributed by atoms with Crippen LogP contribution >= 0.6 is 11.6 Å². The van der Waals surface area contributed by atoms with Gasteiger partial charge in [0.25, 0.3) is 0 Å². The molecule has 0 aliphatic carbocycles. The number of rotatable bonds is 6. The van der Waals surface area contributed by atoms with E-state index in [2.05, 4.69) is 21.3 Å². The van der Waals surface area contributed by atoms with Gasteiger partial charge < -0.3 is 21.3 Å². The van der Waals surface area contributed by atoms with E-state index in [9.17, 15) is 14.4 Å². The van der Waals surface area contributed by atoms with Gasteiger partial charge in [-0.3, -0.25) is 9.59 Å². The van der Waals surface area contributed by atoms with Crippen LogP contribution in [0.3, 0.4) is 0 Å². The number of anilines is 2. The summed E-state index contributed by atoms with van der Waals surface area (Å²) in [4.78, 5) is 35.0. The summed E-state index contributed by atoms with van der Waals surface area (Å²) in [6, 6.07) is 13.0. The van der Waals surface area contributed by atoms with Crippen LogP contribution in [0.15, 0.2) is 48.5 Å². The number of benzene rings is 2. The molecule has 0 bridgehead atoms. The minimum absolute atomic E-state index is 0.0878. The van der Waals surface area contributed by atoms with Gasteiger partial charge in [0.05, 0.1) is 13.0 Å². The second-order valence-electron chi connectivity index (χ2n) is 5.41. The van der Waals surface area contributed by atoms with Crippen molar-refractivity contribution in [2.45, 2.75) is 6.42 Å². The molecule has 2 aromatic carbocycles. The maximum atomic E-state index is 11.8. The monoisotopic (exact) mass is 374 g/mol. The molecular formula is C18H19ClN4O3. The van der Waals surface area contributed by atoms with Crippen molar-refractivity contribution in [1.29, 1.82) is 0 Å². The number of urea groups is 1. The van der Waals surface area contributed by atoms with Crippen LogP contribution in [0.4, 0.5) is 16.2 Å². The van der Waals surface area contributed by atoms with Gasteiger partial charge in [-0.15, -0.1) is 0 Å². The van der Waals surface area contributed by atoms with Crippen molar-refractivity contribution in [3.63, 3.8) is 0 Å². The second-order valence-corrected chi connectivity index (χ2v) is 5.85. The standard InChI is InChI=1S/C18H19ClN4O3/c1-20-16(24)10-12-2-6-15(7-3-12)23-18(26)21-11-17(25)22-14-8-4-13(19)5-9-14/h2-9H,10-11H2,1H3,(H,20,24)(H,22,25)(H2,21,23,26). The lowest BCUT2D eigenvalue weighted by Crippen LogP contribution is -2.35. The molecule has 2 rings (SSSR count). The molecule has 0 heterocycles. The van der Waals surface area contributed by atoms with Crippen LogP contribution < -0.4 is 21.3 Å². The van der Waals surface area contributed by atoms with Crippen LogP contribution in [0.25, 0.3) is 0 Å². The van der Waals surface area contributed by atoms with E-state index in [1.54, 1.807) is 55.6 Å².